The Morgan fingerprint density at radius 2 is 0.871 bits per heavy atom. The Balaban J connectivity index is 1.30. The molecule has 0 saturated carbocycles. The maximum Gasteiger partial charge on any atom is 0.417 e. The van der Waals surface area contributed by atoms with E-state index in [1.54, 1.807) is 26.0 Å². The number of carbonyl (C=O) groups is 6. The number of nitrogens with zero attached hydrogens (tertiary/aromatic N) is 4. The molecule has 5 rings (SSSR count). The van der Waals surface area contributed by atoms with Crippen molar-refractivity contribution in [2.45, 2.75) is 65.0 Å². The number of ketones is 2. The van der Waals surface area contributed by atoms with Gasteiger partial charge < -0.3 is 21.3 Å². The van der Waals surface area contributed by atoms with Crippen molar-refractivity contribution < 1.29 is 55.1 Å². The van der Waals surface area contributed by atoms with Crippen molar-refractivity contribution in [3.8, 4) is 0 Å². The van der Waals surface area contributed by atoms with Crippen LogP contribution in [0.25, 0.3) is 0 Å². The standard InChI is InChI=1S/C46H36Cl4F6N8O6/c1-5-23-15-38(60-44(70)40(22(4)66)64-62-32-14-26(12-28(48)18-32)42(68)58-30-8-10-34(36(50)20-30)46(54,55)56)24(6-2)16-37(23)59-43(69)39(21(3)65)63-61-31-13-25(11-27(47)17-31)41(67)57-29-7-9-33(35(49)19-29)45(51,52)53/h7-20,39-40H,5-6H2,1-4H3,(H,57,67)(H,58,68)(H,59,69)(H,60,70). The van der Waals surface area contributed by atoms with E-state index in [9.17, 15) is 55.1 Å². The summed E-state index contributed by atoms with van der Waals surface area (Å²) >= 11 is 24.0. The average molecular weight is 1050 g/mol. The Morgan fingerprint density at radius 1 is 0.514 bits per heavy atom. The lowest BCUT2D eigenvalue weighted by Gasteiger charge is -2.18. The number of anilines is 4. The van der Waals surface area contributed by atoms with E-state index in [0.717, 1.165) is 38.1 Å². The Bertz CT molecular complexity index is 2770. The zero-order valence-corrected chi connectivity index (χ0v) is 39.7. The van der Waals surface area contributed by atoms with E-state index in [1.807, 2.05) is 0 Å². The third-order valence-electron chi connectivity index (χ3n) is 9.80. The van der Waals surface area contributed by atoms with Crippen LogP contribution in [0, 0.1) is 0 Å². The number of rotatable bonds is 16. The van der Waals surface area contributed by atoms with Gasteiger partial charge in [0.2, 0.25) is 12.1 Å². The maximum atomic E-state index is 13.6. The molecule has 0 radical (unpaired) electrons. The summed E-state index contributed by atoms with van der Waals surface area (Å²) in [4.78, 5) is 78.6. The van der Waals surface area contributed by atoms with Gasteiger partial charge in [-0.25, -0.2) is 0 Å². The number of benzene rings is 5. The second-order valence-electron chi connectivity index (χ2n) is 15.0. The fourth-order valence-corrected chi connectivity index (χ4v) is 7.41. The second-order valence-corrected chi connectivity index (χ2v) is 16.7. The van der Waals surface area contributed by atoms with Crippen LogP contribution in [-0.2, 0) is 44.4 Å². The number of halogens is 10. The lowest BCUT2D eigenvalue weighted by Crippen LogP contribution is -2.33. The fourth-order valence-electron chi connectivity index (χ4n) is 6.37. The lowest BCUT2D eigenvalue weighted by atomic mass is 10.0. The van der Waals surface area contributed by atoms with Crippen LogP contribution in [0.1, 0.15) is 70.7 Å². The number of alkyl halides is 6. The molecule has 2 unspecified atom stereocenters. The monoisotopic (exact) mass is 1050 g/mol. The van der Waals surface area contributed by atoms with E-state index >= 15 is 0 Å². The minimum absolute atomic E-state index is 0.00704. The van der Waals surface area contributed by atoms with Crippen LogP contribution in [0.5, 0.6) is 0 Å². The van der Waals surface area contributed by atoms with Crippen molar-refractivity contribution in [2.75, 3.05) is 21.3 Å². The van der Waals surface area contributed by atoms with E-state index in [2.05, 4.69) is 41.7 Å². The van der Waals surface area contributed by atoms with Crippen LogP contribution in [0.2, 0.25) is 20.1 Å². The largest absolute Gasteiger partial charge is 0.417 e. The summed E-state index contributed by atoms with van der Waals surface area (Å²) in [5.41, 5.74) is -1.16. The summed E-state index contributed by atoms with van der Waals surface area (Å²) < 4.78 is 78.8. The molecular weight excluding hydrogens is 1020 g/mol. The number of Topliss-reactive ketones (excluding diaryl/α,β-unsaturated/α-hetero) is 2. The molecule has 14 nitrogen and oxygen atoms in total. The summed E-state index contributed by atoms with van der Waals surface area (Å²) in [5, 5.41) is 24.6. The molecule has 0 spiro atoms. The second kappa shape index (κ2) is 22.8. The summed E-state index contributed by atoms with van der Waals surface area (Å²) in [6.45, 7) is 5.68. The number of hydrogen-bond donors (Lipinski definition) is 4. The quantitative estimate of drug-likeness (QED) is 0.0430. The highest BCUT2D eigenvalue weighted by atomic mass is 35.5. The van der Waals surface area contributed by atoms with Gasteiger partial charge in [-0.15, -0.1) is 0 Å². The summed E-state index contributed by atoms with van der Waals surface area (Å²) in [7, 11) is 0. The smallest absolute Gasteiger partial charge is 0.323 e. The first kappa shape index (κ1) is 54.2. The number of carbonyl (C=O) groups excluding carboxylic acids is 6. The molecule has 0 aliphatic rings. The molecule has 0 saturated heterocycles. The van der Waals surface area contributed by atoms with Crippen LogP contribution in [0.4, 0.5) is 60.5 Å². The van der Waals surface area contributed by atoms with Crippen LogP contribution in [0.3, 0.4) is 0 Å². The van der Waals surface area contributed by atoms with Gasteiger partial charge in [0, 0.05) is 43.9 Å². The van der Waals surface area contributed by atoms with E-state index in [-0.39, 0.29) is 68.1 Å². The number of hydrogen-bond acceptors (Lipinski definition) is 10. The molecule has 0 aliphatic carbocycles. The van der Waals surface area contributed by atoms with Crippen molar-refractivity contribution in [3.63, 3.8) is 0 Å². The van der Waals surface area contributed by atoms with E-state index < -0.39 is 80.8 Å². The van der Waals surface area contributed by atoms with Gasteiger partial charge in [0.25, 0.3) is 23.6 Å². The predicted molar refractivity (Wildman–Crippen MR) is 252 cm³/mol. The van der Waals surface area contributed by atoms with E-state index in [4.69, 9.17) is 46.4 Å². The summed E-state index contributed by atoms with van der Waals surface area (Å²) in [6, 6.07) is 12.4. The summed E-state index contributed by atoms with van der Waals surface area (Å²) in [5.74, 6) is -4.84. The molecule has 24 heteroatoms. The molecule has 4 amide bonds. The van der Waals surface area contributed by atoms with Gasteiger partial charge in [-0.05, 0) is 123 Å². The number of aryl methyl sites for hydroxylation is 2. The molecule has 70 heavy (non-hydrogen) atoms. The molecule has 0 bridgehead atoms. The van der Waals surface area contributed by atoms with Gasteiger partial charge in [0.05, 0.1) is 32.5 Å². The highest BCUT2D eigenvalue weighted by Gasteiger charge is 2.34. The topological polar surface area (TPSA) is 200 Å². The lowest BCUT2D eigenvalue weighted by molar-refractivity contribution is -0.138. The SMILES string of the molecule is CCc1cc(NC(=O)C(N=Nc2cc(Cl)cc(C(=O)Nc3ccc(C(F)(F)F)c(Cl)c3)c2)C(C)=O)c(CC)cc1NC(=O)C(N=Nc1cc(Cl)cc(C(=O)Nc2ccc(C(F)(F)F)c(Cl)c2)c1)C(C)=O. The van der Waals surface area contributed by atoms with Crippen molar-refractivity contribution in [1.29, 1.82) is 0 Å². The first-order valence-electron chi connectivity index (χ1n) is 20.3. The molecule has 0 aromatic heterocycles. The van der Waals surface area contributed by atoms with Crippen LogP contribution in [0.15, 0.2) is 105 Å². The third-order valence-corrected chi connectivity index (χ3v) is 10.9. The third kappa shape index (κ3) is 14.2. The van der Waals surface area contributed by atoms with Crippen LogP contribution in [-0.4, -0.2) is 47.3 Å². The van der Waals surface area contributed by atoms with E-state index in [1.165, 1.54) is 36.4 Å². The highest BCUT2D eigenvalue weighted by Crippen LogP contribution is 2.38. The minimum atomic E-state index is -4.71. The Kier molecular flexibility index (Phi) is 17.6. The normalized spacial score (nSPS) is 12.7. The van der Waals surface area contributed by atoms with Crippen molar-refractivity contribution in [3.05, 3.63) is 138 Å². The van der Waals surface area contributed by atoms with Crippen molar-refractivity contribution in [2.24, 2.45) is 20.5 Å². The molecule has 5 aromatic rings. The number of nitrogens with one attached hydrogen (secondary N) is 4. The fraction of sp³-hybridized carbons (Fsp3) is 0.217. The average Bonchev–Trinajstić information content (AvgIpc) is 3.25. The molecule has 2 atom stereocenters. The van der Waals surface area contributed by atoms with Crippen LogP contribution >= 0.6 is 46.4 Å². The van der Waals surface area contributed by atoms with Gasteiger partial charge in [-0.3, -0.25) is 28.8 Å². The molecule has 5 aromatic carbocycles. The van der Waals surface area contributed by atoms with Crippen molar-refractivity contribution >= 4 is 116 Å². The maximum absolute atomic E-state index is 13.6. The van der Waals surface area contributed by atoms with Crippen molar-refractivity contribution in [1.82, 2.24) is 0 Å². The molecule has 4 N–H and O–H groups in total. The highest BCUT2D eigenvalue weighted by molar-refractivity contribution is 6.33. The number of amides is 4. The summed E-state index contributed by atoms with van der Waals surface area (Å²) in [6.07, 6.45) is -8.86. The van der Waals surface area contributed by atoms with Gasteiger partial charge >= 0.3 is 12.4 Å². The Morgan fingerprint density at radius 3 is 1.17 bits per heavy atom. The number of azo groups is 2. The van der Waals surface area contributed by atoms with Gasteiger partial charge in [0.15, 0.2) is 11.6 Å². The Hall–Kier alpha value is -6.74. The zero-order valence-electron chi connectivity index (χ0n) is 36.7. The molecule has 0 aliphatic heterocycles. The van der Waals surface area contributed by atoms with Crippen LogP contribution < -0.4 is 21.3 Å². The molecule has 366 valence electrons. The first-order chi connectivity index (χ1) is 32.8. The van der Waals surface area contributed by atoms with Gasteiger partial charge in [-0.2, -0.15) is 46.8 Å². The minimum Gasteiger partial charge on any atom is -0.323 e. The zero-order chi connectivity index (χ0) is 51.8. The predicted octanol–water partition coefficient (Wildman–Crippen LogP) is 13.3. The Labute approximate surface area is 414 Å². The molecule has 0 heterocycles. The first-order valence-corrected chi connectivity index (χ1v) is 21.9. The van der Waals surface area contributed by atoms with Gasteiger partial charge in [-0.1, -0.05) is 60.3 Å². The molecular formula is C46H36Cl4F6N8O6. The van der Waals surface area contributed by atoms with Gasteiger partial charge in [0.1, 0.15) is 0 Å². The molecule has 0 fully saturated rings. The van der Waals surface area contributed by atoms with E-state index in [0.29, 0.717) is 23.3 Å².